The zero-order chi connectivity index (χ0) is 27.8. The number of hydrogen-bond donors (Lipinski definition) is 2. The second kappa shape index (κ2) is 13.0. The molecule has 1 aromatic heterocycles. The van der Waals surface area contributed by atoms with Crippen molar-refractivity contribution in [2.45, 2.75) is 38.5 Å². The third-order valence-electron chi connectivity index (χ3n) is 6.20. The Morgan fingerprint density at radius 3 is 2.63 bits per heavy atom. The standard InChI is InChI=1S/C27H31FN4O6/c1-4-21(28)23(8-10-37-25(34)15-33)38-22-6-5-16(11-18(22)14-29)17-7-9-30-24(12-17)31-26(35)19-13-20(19)27(36)32(2)3/h5-7,9,11-12,19-21,23,33H,4,8,10,13,15H2,1-3H3,(H,30,31,35)/t19-,20?,21+,23-/m0/s1. The van der Waals surface area contributed by atoms with Gasteiger partial charge in [0.05, 0.1) is 24.0 Å². The fourth-order valence-corrected chi connectivity index (χ4v) is 3.96. The summed E-state index contributed by atoms with van der Waals surface area (Å²) in [6.07, 6.45) is -0.0944. The fourth-order valence-electron chi connectivity index (χ4n) is 3.96. The maximum Gasteiger partial charge on any atom is 0.331 e. The van der Waals surface area contributed by atoms with Crippen molar-refractivity contribution in [2.24, 2.45) is 11.8 Å². The first-order chi connectivity index (χ1) is 18.2. The Balaban J connectivity index is 1.71. The van der Waals surface area contributed by atoms with Gasteiger partial charge in [0.15, 0.2) is 0 Å². The molecule has 4 atom stereocenters. The normalized spacial score (nSPS) is 17.5. The van der Waals surface area contributed by atoms with Gasteiger partial charge in [0.2, 0.25) is 11.8 Å². The van der Waals surface area contributed by atoms with E-state index < -0.39 is 24.9 Å². The van der Waals surface area contributed by atoms with Crippen LogP contribution >= 0.6 is 0 Å². The molecule has 0 aliphatic heterocycles. The predicted molar refractivity (Wildman–Crippen MR) is 136 cm³/mol. The van der Waals surface area contributed by atoms with Crippen molar-refractivity contribution in [1.29, 1.82) is 5.26 Å². The maximum absolute atomic E-state index is 14.5. The second-order valence-electron chi connectivity index (χ2n) is 9.17. The van der Waals surface area contributed by atoms with E-state index in [1.54, 1.807) is 51.4 Å². The van der Waals surface area contributed by atoms with Crippen LogP contribution in [0.5, 0.6) is 5.75 Å². The largest absolute Gasteiger partial charge is 0.486 e. The predicted octanol–water partition coefficient (Wildman–Crippen LogP) is 2.70. The number of aliphatic hydroxyl groups is 1. The number of aromatic nitrogens is 1. The molecule has 1 aliphatic rings. The first-order valence-corrected chi connectivity index (χ1v) is 12.3. The van der Waals surface area contributed by atoms with Crippen molar-refractivity contribution in [2.75, 3.05) is 32.6 Å². The van der Waals surface area contributed by atoms with E-state index in [4.69, 9.17) is 14.6 Å². The molecule has 1 aliphatic carbocycles. The van der Waals surface area contributed by atoms with Crippen molar-refractivity contribution in [3.63, 3.8) is 0 Å². The molecular weight excluding hydrogens is 495 g/mol. The van der Waals surface area contributed by atoms with E-state index in [1.807, 2.05) is 0 Å². The molecule has 0 spiro atoms. The number of pyridine rings is 1. The number of anilines is 1. The van der Waals surface area contributed by atoms with Gasteiger partial charge < -0.3 is 24.8 Å². The molecule has 0 saturated heterocycles. The summed E-state index contributed by atoms with van der Waals surface area (Å²) in [7, 11) is 3.31. The summed E-state index contributed by atoms with van der Waals surface area (Å²) < 4.78 is 25.1. The van der Waals surface area contributed by atoms with Crippen LogP contribution in [0, 0.1) is 23.2 Å². The van der Waals surface area contributed by atoms with Crippen LogP contribution in [0.15, 0.2) is 36.5 Å². The Hall–Kier alpha value is -4.04. The average Bonchev–Trinajstić information content (AvgIpc) is 3.72. The highest BCUT2D eigenvalue weighted by molar-refractivity contribution is 5.99. The lowest BCUT2D eigenvalue weighted by Gasteiger charge is -2.22. The van der Waals surface area contributed by atoms with E-state index in [0.29, 0.717) is 23.4 Å². The summed E-state index contributed by atoms with van der Waals surface area (Å²) in [6.45, 7) is 0.745. The van der Waals surface area contributed by atoms with Crippen LogP contribution in [0.3, 0.4) is 0 Å². The molecule has 11 heteroatoms. The van der Waals surface area contributed by atoms with E-state index in [0.717, 1.165) is 0 Å². The van der Waals surface area contributed by atoms with Crippen molar-refractivity contribution in [3.05, 3.63) is 42.1 Å². The highest BCUT2D eigenvalue weighted by Crippen LogP contribution is 2.40. The number of esters is 1. The first kappa shape index (κ1) is 28.5. The number of nitrogens with zero attached hydrogens (tertiary/aromatic N) is 3. The number of alkyl halides is 1. The lowest BCUT2D eigenvalue weighted by molar-refractivity contribution is -0.147. The Morgan fingerprint density at radius 1 is 1.24 bits per heavy atom. The lowest BCUT2D eigenvalue weighted by atomic mass is 10.0. The number of hydrogen-bond acceptors (Lipinski definition) is 8. The van der Waals surface area contributed by atoms with E-state index in [1.165, 1.54) is 11.1 Å². The van der Waals surface area contributed by atoms with Gasteiger partial charge in [-0.3, -0.25) is 9.59 Å². The molecule has 3 rings (SSSR count). The molecule has 10 nitrogen and oxygen atoms in total. The number of nitrogens with one attached hydrogen (secondary N) is 1. The van der Waals surface area contributed by atoms with Crippen LogP contribution in [0.2, 0.25) is 0 Å². The van der Waals surface area contributed by atoms with E-state index in [-0.39, 0.29) is 54.4 Å². The number of ether oxygens (including phenoxy) is 2. The number of amides is 2. The fraction of sp³-hybridized carbons (Fsp3) is 0.444. The summed E-state index contributed by atoms with van der Waals surface area (Å²) in [5.41, 5.74) is 1.51. The third-order valence-corrected chi connectivity index (χ3v) is 6.20. The van der Waals surface area contributed by atoms with Gasteiger partial charge in [-0.25, -0.2) is 14.2 Å². The Labute approximate surface area is 220 Å². The topological polar surface area (TPSA) is 142 Å². The number of aliphatic hydroxyl groups excluding tert-OH is 1. The molecule has 2 aromatic rings. The Kier molecular flexibility index (Phi) is 9.73. The highest BCUT2D eigenvalue weighted by Gasteiger charge is 2.48. The smallest absolute Gasteiger partial charge is 0.331 e. The SMILES string of the molecule is CC[C@@H](F)[C@H](CCOC(=O)CO)Oc1ccc(-c2ccnc(NC(=O)[C@H]3CC3C(=O)N(C)C)c2)cc1C#N. The molecule has 1 fully saturated rings. The van der Waals surface area contributed by atoms with Gasteiger partial charge >= 0.3 is 5.97 Å². The summed E-state index contributed by atoms with van der Waals surface area (Å²) >= 11 is 0. The second-order valence-corrected chi connectivity index (χ2v) is 9.17. The van der Waals surface area contributed by atoms with Crippen LogP contribution in [-0.2, 0) is 19.1 Å². The quantitative estimate of drug-likeness (QED) is 0.402. The minimum atomic E-state index is -1.36. The number of benzene rings is 1. The molecule has 1 saturated carbocycles. The number of nitriles is 1. The first-order valence-electron chi connectivity index (χ1n) is 12.3. The van der Waals surface area contributed by atoms with Gasteiger partial charge in [0.25, 0.3) is 0 Å². The van der Waals surface area contributed by atoms with Gasteiger partial charge in [-0.15, -0.1) is 0 Å². The highest BCUT2D eigenvalue weighted by atomic mass is 19.1. The molecule has 1 aromatic carbocycles. The minimum Gasteiger partial charge on any atom is -0.486 e. The van der Waals surface area contributed by atoms with E-state index in [2.05, 4.69) is 16.4 Å². The summed E-state index contributed by atoms with van der Waals surface area (Å²) in [4.78, 5) is 41.4. The van der Waals surface area contributed by atoms with Crippen LogP contribution in [0.1, 0.15) is 31.7 Å². The molecule has 1 unspecified atom stereocenters. The molecule has 202 valence electrons. The molecule has 0 radical (unpaired) electrons. The number of halogens is 1. The zero-order valence-corrected chi connectivity index (χ0v) is 21.5. The number of rotatable bonds is 12. The molecule has 2 N–H and O–H groups in total. The lowest BCUT2D eigenvalue weighted by Crippen LogP contribution is -2.30. The van der Waals surface area contributed by atoms with Crippen molar-refractivity contribution >= 4 is 23.6 Å². The van der Waals surface area contributed by atoms with Gasteiger partial charge in [-0.05, 0) is 48.2 Å². The van der Waals surface area contributed by atoms with Crippen LogP contribution in [-0.4, -0.2) is 72.4 Å². The molecule has 2 amide bonds. The molecule has 38 heavy (non-hydrogen) atoms. The Morgan fingerprint density at radius 2 is 1.97 bits per heavy atom. The zero-order valence-electron chi connectivity index (χ0n) is 21.5. The monoisotopic (exact) mass is 526 g/mol. The van der Waals surface area contributed by atoms with Gasteiger partial charge in [0.1, 0.15) is 36.5 Å². The summed E-state index contributed by atoms with van der Waals surface area (Å²) in [6, 6.07) is 10.3. The van der Waals surface area contributed by atoms with Crippen molar-refractivity contribution < 1.29 is 33.4 Å². The molecular formula is C27H31FN4O6. The van der Waals surface area contributed by atoms with E-state index in [9.17, 15) is 24.0 Å². The van der Waals surface area contributed by atoms with Crippen LogP contribution < -0.4 is 10.1 Å². The van der Waals surface area contributed by atoms with E-state index >= 15 is 0 Å². The minimum absolute atomic E-state index is 0.0444. The summed E-state index contributed by atoms with van der Waals surface area (Å²) in [5.74, 6) is -1.38. The van der Waals surface area contributed by atoms with Gasteiger partial charge in [-0.1, -0.05) is 13.0 Å². The van der Waals surface area contributed by atoms with Gasteiger partial charge in [-0.2, -0.15) is 5.26 Å². The van der Waals surface area contributed by atoms with Crippen molar-refractivity contribution in [1.82, 2.24) is 9.88 Å². The van der Waals surface area contributed by atoms with Crippen LogP contribution in [0.25, 0.3) is 11.1 Å². The van der Waals surface area contributed by atoms with Crippen LogP contribution in [0.4, 0.5) is 10.2 Å². The molecule has 0 bridgehead atoms. The maximum atomic E-state index is 14.5. The Bertz CT molecular complexity index is 1210. The number of carbonyl (C=O) groups is 3. The molecule has 1 heterocycles. The summed E-state index contributed by atoms with van der Waals surface area (Å²) in [5, 5.41) is 21.2. The third kappa shape index (κ3) is 7.26. The van der Waals surface area contributed by atoms with Gasteiger partial charge in [0, 0.05) is 26.7 Å². The number of carbonyl (C=O) groups excluding carboxylic acids is 3. The average molecular weight is 527 g/mol. The van der Waals surface area contributed by atoms with Crippen molar-refractivity contribution in [3.8, 4) is 22.9 Å².